The van der Waals surface area contributed by atoms with Crippen LogP contribution in [0, 0.1) is 0 Å². The number of aromatic nitrogens is 5. The first-order chi connectivity index (χ1) is 15.0. The molecule has 2 amide bonds. The van der Waals surface area contributed by atoms with Gasteiger partial charge in [0.05, 0.1) is 16.8 Å². The molecule has 2 N–H and O–H groups in total. The molecule has 2 aromatic carbocycles. The number of anilines is 2. The van der Waals surface area contributed by atoms with Crippen LogP contribution in [0.25, 0.3) is 11.0 Å². The molecule has 0 bridgehead atoms. The average Bonchev–Trinajstić information content (AvgIpc) is 3.34. The third kappa shape index (κ3) is 4.58. The van der Waals surface area contributed by atoms with Crippen molar-refractivity contribution >= 4 is 46.2 Å². The second-order valence-corrected chi connectivity index (χ2v) is 7.71. The largest absolute Gasteiger partial charge is 0.325 e. The standard InChI is InChI=1S/C21H21N7O2S/c1-3-28-17-10-5-4-9-16(17)24-20(28)25-19(30)14-7-6-8-15(11-14)23-18(29)12-31-21-26-22-13-27(21)2/h4-11,13H,3,12H2,1-2H3,(H,23,29)(H,24,25,30). The average molecular weight is 436 g/mol. The third-order valence-electron chi connectivity index (χ3n) is 4.61. The van der Waals surface area contributed by atoms with Crippen LogP contribution >= 0.6 is 11.8 Å². The smallest absolute Gasteiger partial charge is 0.258 e. The van der Waals surface area contributed by atoms with Crippen molar-refractivity contribution in [3.63, 3.8) is 0 Å². The molecule has 10 heteroatoms. The number of benzene rings is 2. The van der Waals surface area contributed by atoms with E-state index in [1.807, 2.05) is 42.8 Å². The van der Waals surface area contributed by atoms with Crippen molar-refractivity contribution in [2.45, 2.75) is 18.6 Å². The van der Waals surface area contributed by atoms with Gasteiger partial charge in [-0.1, -0.05) is 30.0 Å². The Balaban J connectivity index is 1.43. The summed E-state index contributed by atoms with van der Waals surface area (Å²) in [5.74, 6) is 0.180. The molecule has 2 heterocycles. The first kappa shape index (κ1) is 20.6. The molecule has 4 rings (SSSR count). The first-order valence-electron chi connectivity index (χ1n) is 9.68. The zero-order chi connectivity index (χ0) is 21.8. The molecular formula is C21H21N7O2S. The fourth-order valence-electron chi connectivity index (χ4n) is 3.13. The van der Waals surface area contributed by atoms with Crippen LogP contribution in [0.1, 0.15) is 17.3 Å². The van der Waals surface area contributed by atoms with Gasteiger partial charge in [-0.15, -0.1) is 10.2 Å². The van der Waals surface area contributed by atoms with E-state index < -0.39 is 0 Å². The van der Waals surface area contributed by atoms with Gasteiger partial charge in [0.2, 0.25) is 11.9 Å². The molecule has 0 saturated heterocycles. The second-order valence-electron chi connectivity index (χ2n) is 6.76. The van der Waals surface area contributed by atoms with Gasteiger partial charge >= 0.3 is 0 Å². The number of para-hydroxylation sites is 2. The van der Waals surface area contributed by atoms with Crippen molar-refractivity contribution in [1.29, 1.82) is 0 Å². The van der Waals surface area contributed by atoms with Gasteiger partial charge in [0.25, 0.3) is 5.91 Å². The van der Waals surface area contributed by atoms with E-state index in [0.29, 0.717) is 28.9 Å². The molecule has 31 heavy (non-hydrogen) atoms. The van der Waals surface area contributed by atoms with Crippen LogP contribution in [-0.2, 0) is 18.4 Å². The number of nitrogens with one attached hydrogen (secondary N) is 2. The lowest BCUT2D eigenvalue weighted by Gasteiger charge is -2.09. The Labute approximate surface area is 182 Å². The van der Waals surface area contributed by atoms with Crippen molar-refractivity contribution < 1.29 is 9.59 Å². The molecule has 0 fully saturated rings. The molecule has 0 aliphatic heterocycles. The van der Waals surface area contributed by atoms with E-state index in [4.69, 9.17) is 0 Å². The van der Waals surface area contributed by atoms with Gasteiger partial charge in [-0.2, -0.15) is 0 Å². The minimum absolute atomic E-state index is 0.184. The molecule has 2 aromatic heterocycles. The van der Waals surface area contributed by atoms with Gasteiger partial charge in [0, 0.05) is 24.8 Å². The van der Waals surface area contributed by atoms with Gasteiger partial charge in [0.1, 0.15) is 6.33 Å². The fraction of sp³-hybridized carbons (Fsp3) is 0.190. The summed E-state index contributed by atoms with van der Waals surface area (Å²) in [6, 6.07) is 14.5. The maximum atomic E-state index is 12.8. The monoisotopic (exact) mass is 435 g/mol. The molecule has 0 aliphatic carbocycles. The zero-order valence-electron chi connectivity index (χ0n) is 17.1. The lowest BCUT2D eigenvalue weighted by molar-refractivity contribution is -0.113. The summed E-state index contributed by atoms with van der Waals surface area (Å²) < 4.78 is 3.69. The zero-order valence-corrected chi connectivity index (χ0v) is 17.9. The van der Waals surface area contributed by atoms with Crippen LogP contribution < -0.4 is 10.6 Å². The molecule has 9 nitrogen and oxygen atoms in total. The number of fused-ring (bicyclic) bond motifs is 1. The van der Waals surface area contributed by atoms with Gasteiger partial charge < -0.3 is 14.5 Å². The van der Waals surface area contributed by atoms with Gasteiger partial charge in [-0.05, 0) is 37.3 Å². The highest BCUT2D eigenvalue weighted by Crippen LogP contribution is 2.21. The second kappa shape index (κ2) is 9.00. The molecule has 0 aliphatic rings. The van der Waals surface area contributed by atoms with Gasteiger partial charge in [0.15, 0.2) is 5.16 Å². The highest BCUT2D eigenvalue weighted by Gasteiger charge is 2.14. The van der Waals surface area contributed by atoms with Gasteiger partial charge in [-0.25, -0.2) is 4.98 Å². The molecule has 0 radical (unpaired) electrons. The number of rotatable bonds is 7. The normalized spacial score (nSPS) is 10.9. The summed E-state index contributed by atoms with van der Waals surface area (Å²) in [5, 5.41) is 14.1. The third-order valence-corrected chi connectivity index (χ3v) is 5.64. The number of carbonyl (C=O) groups is 2. The van der Waals surface area contributed by atoms with E-state index in [-0.39, 0.29) is 17.6 Å². The summed E-state index contributed by atoms with van der Waals surface area (Å²) in [6.07, 6.45) is 1.58. The van der Waals surface area contributed by atoms with Crippen LogP contribution in [0.15, 0.2) is 60.0 Å². The number of imidazole rings is 1. The molecule has 0 spiro atoms. The molecular weight excluding hydrogens is 414 g/mol. The Kier molecular flexibility index (Phi) is 5.99. The van der Waals surface area contributed by atoms with Crippen molar-refractivity contribution in [1.82, 2.24) is 24.3 Å². The van der Waals surface area contributed by atoms with E-state index in [9.17, 15) is 9.59 Å². The number of carbonyl (C=O) groups excluding carboxylic acids is 2. The van der Waals surface area contributed by atoms with Crippen LogP contribution in [0.4, 0.5) is 11.6 Å². The SMILES string of the molecule is CCn1c(NC(=O)c2cccc(NC(=O)CSc3nncn3C)c2)nc2ccccc21. The van der Waals surface area contributed by atoms with Crippen LogP contribution in [0.2, 0.25) is 0 Å². The molecule has 0 saturated carbocycles. The molecule has 158 valence electrons. The predicted octanol–water partition coefficient (Wildman–Crippen LogP) is 3.17. The summed E-state index contributed by atoms with van der Waals surface area (Å²) in [7, 11) is 1.81. The number of aryl methyl sites for hydroxylation is 2. The number of nitrogens with zero attached hydrogens (tertiary/aromatic N) is 5. The van der Waals surface area contributed by atoms with Crippen LogP contribution in [0.5, 0.6) is 0 Å². The maximum absolute atomic E-state index is 12.8. The summed E-state index contributed by atoms with van der Waals surface area (Å²) in [4.78, 5) is 29.6. The minimum atomic E-state index is -0.297. The molecule has 0 atom stereocenters. The highest BCUT2D eigenvalue weighted by atomic mass is 32.2. The highest BCUT2D eigenvalue weighted by molar-refractivity contribution is 7.99. The Morgan fingerprint density at radius 3 is 2.71 bits per heavy atom. The van der Waals surface area contributed by atoms with Crippen molar-refractivity contribution in [3.8, 4) is 0 Å². The Bertz CT molecular complexity index is 1250. The van der Waals surface area contributed by atoms with E-state index in [0.717, 1.165) is 11.0 Å². The minimum Gasteiger partial charge on any atom is -0.325 e. The van der Waals surface area contributed by atoms with E-state index in [1.165, 1.54) is 11.8 Å². The number of hydrogen-bond donors (Lipinski definition) is 2. The topological polar surface area (TPSA) is 107 Å². The van der Waals surface area contributed by atoms with Crippen molar-refractivity contribution in [3.05, 3.63) is 60.4 Å². The molecule has 4 aromatic rings. The molecule has 0 unspecified atom stereocenters. The Hall–Kier alpha value is -3.66. The van der Waals surface area contributed by atoms with Crippen molar-refractivity contribution in [2.75, 3.05) is 16.4 Å². The summed E-state index contributed by atoms with van der Waals surface area (Å²) >= 11 is 1.29. The summed E-state index contributed by atoms with van der Waals surface area (Å²) in [5.41, 5.74) is 2.75. The van der Waals surface area contributed by atoms with Crippen LogP contribution in [-0.4, -0.2) is 41.9 Å². The lowest BCUT2D eigenvalue weighted by atomic mass is 10.2. The fourth-order valence-corrected chi connectivity index (χ4v) is 3.82. The van der Waals surface area contributed by atoms with Gasteiger partial charge in [-0.3, -0.25) is 14.9 Å². The maximum Gasteiger partial charge on any atom is 0.258 e. The Morgan fingerprint density at radius 1 is 1.10 bits per heavy atom. The number of hydrogen-bond acceptors (Lipinski definition) is 6. The van der Waals surface area contributed by atoms with Crippen molar-refractivity contribution in [2.24, 2.45) is 7.05 Å². The Morgan fingerprint density at radius 2 is 1.94 bits per heavy atom. The predicted molar refractivity (Wildman–Crippen MR) is 120 cm³/mol. The number of amides is 2. The van der Waals surface area contributed by atoms with E-state index >= 15 is 0 Å². The van der Waals surface area contributed by atoms with E-state index in [1.54, 1.807) is 35.2 Å². The quantitative estimate of drug-likeness (QED) is 0.432. The lowest BCUT2D eigenvalue weighted by Crippen LogP contribution is -2.17. The first-order valence-corrected chi connectivity index (χ1v) is 10.7. The van der Waals surface area contributed by atoms with Crippen LogP contribution in [0.3, 0.4) is 0 Å². The number of thioether (sulfide) groups is 1. The van der Waals surface area contributed by atoms with E-state index in [2.05, 4.69) is 25.8 Å². The summed E-state index contributed by atoms with van der Waals surface area (Å²) in [6.45, 7) is 2.67.